The third-order valence-corrected chi connectivity index (χ3v) is 5.99. The number of nitrogens with one attached hydrogen (secondary N) is 1. The summed E-state index contributed by atoms with van der Waals surface area (Å²) in [5.74, 6) is -3.67. The number of aliphatic carboxylic acids is 1. The second-order valence-corrected chi connectivity index (χ2v) is 8.71. The van der Waals surface area contributed by atoms with E-state index in [0.717, 1.165) is 23.9 Å². The van der Waals surface area contributed by atoms with Gasteiger partial charge in [0.2, 0.25) is 5.91 Å². The Balaban J connectivity index is 1.61. The number of rotatable bonds is 9. The van der Waals surface area contributed by atoms with E-state index in [1.807, 2.05) is 0 Å². The summed E-state index contributed by atoms with van der Waals surface area (Å²) >= 11 is 6.43. The number of unbranched alkanes of at least 4 members (excludes halogenated alkanes) is 1. The van der Waals surface area contributed by atoms with E-state index in [9.17, 15) is 23.2 Å². The van der Waals surface area contributed by atoms with Crippen molar-refractivity contribution in [2.45, 2.75) is 19.3 Å². The Morgan fingerprint density at radius 3 is 2.70 bits per heavy atom. The minimum Gasteiger partial charge on any atom is -0.480 e. The van der Waals surface area contributed by atoms with Crippen molar-refractivity contribution in [3.8, 4) is 11.3 Å². The summed E-state index contributed by atoms with van der Waals surface area (Å²) in [6.07, 6.45) is 2.73. The third-order valence-electron chi connectivity index (χ3n) is 4.61. The summed E-state index contributed by atoms with van der Waals surface area (Å²) in [5.41, 5.74) is 1.30. The highest BCUT2D eigenvalue weighted by atomic mass is 32.2. The Hall–Kier alpha value is -3.18. The van der Waals surface area contributed by atoms with Crippen molar-refractivity contribution in [1.29, 1.82) is 0 Å². The van der Waals surface area contributed by atoms with Crippen LogP contribution in [0.5, 0.6) is 0 Å². The molecular formula is C22H19F2N3O4S2. The van der Waals surface area contributed by atoms with Crippen LogP contribution < -0.4 is 5.32 Å². The lowest BCUT2D eigenvalue weighted by Crippen LogP contribution is -2.30. The van der Waals surface area contributed by atoms with Gasteiger partial charge in [0.1, 0.15) is 10.9 Å². The molecule has 33 heavy (non-hydrogen) atoms. The second kappa shape index (κ2) is 11.1. The monoisotopic (exact) mass is 491 g/mol. The fourth-order valence-corrected chi connectivity index (χ4v) is 4.29. The van der Waals surface area contributed by atoms with E-state index < -0.39 is 24.1 Å². The molecule has 0 atom stereocenters. The fourth-order valence-electron chi connectivity index (χ4n) is 2.99. The van der Waals surface area contributed by atoms with Gasteiger partial charge < -0.3 is 10.4 Å². The van der Waals surface area contributed by atoms with Crippen molar-refractivity contribution < 1.29 is 28.3 Å². The Labute approximate surface area is 197 Å². The van der Waals surface area contributed by atoms with Gasteiger partial charge in [0.05, 0.1) is 16.3 Å². The number of carboxylic acids is 1. The summed E-state index contributed by atoms with van der Waals surface area (Å²) in [5, 5.41) is 10.8. The molecule has 172 valence electrons. The van der Waals surface area contributed by atoms with Crippen LogP contribution in [0.25, 0.3) is 17.3 Å². The van der Waals surface area contributed by atoms with E-state index >= 15 is 0 Å². The van der Waals surface area contributed by atoms with Crippen molar-refractivity contribution in [3.05, 3.63) is 58.6 Å². The highest BCUT2D eigenvalue weighted by molar-refractivity contribution is 8.26. The number of thiocarbonyl (C=S) groups is 1. The average Bonchev–Trinajstić information content (AvgIpc) is 3.04. The van der Waals surface area contributed by atoms with Crippen LogP contribution in [0.15, 0.2) is 41.3 Å². The molecule has 1 fully saturated rings. The number of benzene rings is 1. The molecule has 1 aliphatic rings. The summed E-state index contributed by atoms with van der Waals surface area (Å²) in [7, 11) is 0. The van der Waals surface area contributed by atoms with Crippen LogP contribution in [0, 0.1) is 11.6 Å². The number of carbonyl (C=O) groups excluding carboxylic acids is 2. The van der Waals surface area contributed by atoms with Crippen molar-refractivity contribution in [3.63, 3.8) is 0 Å². The van der Waals surface area contributed by atoms with Gasteiger partial charge in [-0.2, -0.15) is 0 Å². The number of halogens is 2. The van der Waals surface area contributed by atoms with Crippen LogP contribution in [0.2, 0.25) is 0 Å². The maximum atomic E-state index is 13.5. The van der Waals surface area contributed by atoms with Gasteiger partial charge in [-0.1, -0.05) is 30.0 Å². The molecule has 3 rings (SSSR count). The number of amides is 2. The largest absolute Gasteiger partial charge is 0.480 e. The second-order valence-electron chi connectivity index (χ2n) is 7.04. The third kappa shape index (κ3) is 6.65. The first-order valence-electron chi connectivity index (χ1n) is 9.91. The minimum absolute atomic E-state index is 0.151. The van der Waals surface area contributed by atoms with E-state index in [-0.39, 0.29) is 18.2 Å². The Bertz CT molecular complexity index is 1140. The average molecular weight is 492 g/mol. The van der Waals surface area contributed by atoms with Gasteiger partial charge in [-0.25, -0.2) is 13.8 Å². The van der Waals surface area contributed by atoms with Crippen molar-refractivity contribution in [2.24, 2.45) is 0 Å². The van der Waals surface area contributed by atoms with Gasteiger partial charge in [-0.05, 0) is 49.2 Å². The van der Waals surface area contributed by atoms with Gasteiger partial charge in [0.25, 0.3) is 5.91 Å². The molecule has 0 saturated carbocycles. The first kappa shape index (κ1) is 24.5. The van der Waals surface area contributed by atoms with Crippen LogP contribution in [0.1, 0.15) is 25.0 Å². The predicted octanol–water partition coefficient (Wildman–Crippen LogP) is 3.60. The first-order chi connectivity index (χ1) is 15.7. The molecule has 1 aromatic heterocycles. The summed E-state index contributed by atoms with van der Waals surface area (Å²) in [4.78, 5) is 41.0. The molecule has 0 radical (unpaired) electrons. The quantitative estimate of drug-likeness (QED) is 0.314. The normalized spacial score (nSPS) is 14.7. The van der Waals surface area contributed by atoms with E-state index in [4.69, 9.17) is 17.3 Å². The molecule has 1 saturated heterocycles. The molecule has 0 spiro atoms. The smallest absolute Gasteiger partial charge is 0.322 e. The Morgan fingerprint density at radius 1 is 1.18 bits per heavy atom. The minimum atomic E-state index is -1.11. The van der Waals surface area contributed by atoms with Crippen molar-refractivity contribution in [1.82, 2.24) is 15.2 Å². The highest BCUT2D eigenvalue weighted by Crippen LogP contribution is 2.33. The molecule has 0 bridgehead atoms. The van der Waals surface area contributed by atoms with Gasteiger partial charge in [0, 0.05) is 18.5 Å². The summed E-state index contributed by atoms with van der Waals surface area (Å²) in [6, 6.07) is 8.55. The molecule has 11 heteroatoms. The Kier molecular flexibility index (Phi) is 8.23. The van der Waals surface area contributed by atoms with Crippen LogP contribution in [-0.4, -0.2) is 50.2 Å². The van der Waals surface area contributed by atoms with Crippen LogP contribution in [-0.2, 0) is 14.4 Å². The van der Waals surface area contributed by atoms with E-state index in [0.29, 0.717) is 45.6 Å². The molecule has 2 aromatic rings. The fraction of sp³-hybridized carbons (Fsp3) is 0.227. The lowest BCUT2D eigenvalue weighted by molar-refractivity contribution is -0.138. The zero-order valence-corrected chi connectivity index (χ0v) is 18.8. The topological polar surface area (TPSA) is 99.6 Å². The molecule has 7 nitrogen and oxygen atoms in total. The highest BCUT2D eigenvalue weighted by Gasteiger charge is 2.31. The van der Waals surface area contributed by atoms with Gasteiger partial charge in [-0.3, -0.25) is 19.3 Å². The summed E-state index contributed by atoms with van der Waals surface area (Å²) in [6.45, 7) is -0.0970. The number of aromatic nitrogens is 1. The lowest BCUT2D eigenvalue weighted by Gasteiger charge is -2.13. The molecule has 2 amide bonds. The number of carbonyl (C=O) groups is 3. The lowest BCUT2D eigenvalue weighted by atomic mass is 10.1. The molecule has 1 aromatic carbocycles. The molecular weight excluding hydrogens is 472 g/mol. The van der Waals surface area contributed by atoms with E-state index in [1.54, 1.807) is 24.3 Å². The van der Waals surface area contributed by atoms with E-state index in [1.165, 1.54) is 11.0 Å². The first-order valence-corrected chi connectivity index (χ1v) is 11.1. The zero-order valence-electron chi connectivity index (χ0n) is 17.2. The number of pyridine rings is 1. The zero-order chi connectivity index (χ0) is 24.0. The van der Waals surface area contributed by atoms with Gasteiger partial charge in [-0.15, -0.1) is 0 Å². The summed E-state index contributed by atoms with van der Waals surface area (Å²) < 4.78 is 27.1. The van der Waals surface area contributed by atoms with Gasteiger partial charge in [0.15, 0.2) is 11.6 Å². The molecule has 0 aliphatic carbocycles. The van der Waals surface area contributed by atoms with Crippen molar-refractivity contribution in [2.75, 3.05) is 13.1 Å². The maximum Gasteiger partial charge on any atom is 0.322 e. The number of hydrogen-bond donors (Lipinski definition) is 2. The van der Waals surface area contributed by atoms with Crippen LogP contribution in [0.4, 0.5) is 8.78 Å². The van der Waals surface area contributed by atoms with E-state index in [2.05, 4.69) is 10.3 Å². The molecule has 0 unspecified atom stereocenters. The molecule has 2 heterocycles. The number of hydrogen-bond acceptors (Lipinski definition) is 6. The molecule has 2 N–H and O–H groups in total. The van der Waals surface area contributed by atoms with Gasteiger partial charge >= 0.3 is 5.97 Å². The maximum absolute atomic E-state index is 13.5. The number of carboxylic acid groups (broad SMARTS) is 1. The molecule has 1 aliphatic heterocycles. The Morgan fingerprint density at radius 2 is 1.97 bits per heavy atom. The van der Waals surface area contributed by atoms with Crippen LogP contribution >= 0.6 is 24.0 Å². The van der Waals surface area contributed by atoms with Crippen molar-refractivity contribution >= 4 is 52.2 Å². The van der Waals surface area contributed by atoms with Crippen LogP contribution in [0.3, 0.4) is 0 Å². The number of nitrogens with zero attached hydrogens (tertiary/aromatic N) is 2. The number of thioether (sulfide) groups is 1. The SMILES string of the molecule is O=C(O)CNC(=O)CCCCN1C(=O)/C(=C/c2cccc(-c3ccc(F)c(F)c3)n2)SC1=S. The predicted molar refractivity (Wildman–Crippen MR) is 124 cm³/mol. The standard InChI is InChI=1S/C22H19F2N3O4S2/c23-15-8-7-13(10-16(15)24)17-5-3-4-14(26-17)11-18-21(31)27(22(32)33-18)9-2-1-6-19(28)25-12-20(29)30/h3-5,7-8,10-11H,1-2,6,9,12H2,(H,25,28)(H,29,30)/b18-11-.